The third kappa shape index (κ3) is 4.51. The minimum atomic E-state index is -0.357. The van der Waals surface area contributed by atoms with Crippen LogP contribution >= 0.6 is 11.3 Å². The van der Waals surface area contributed by atoms with E-state index in [1.54, 1.807) is 11.0 Å². The number of amides is 1. The van der Waals surface area contributed by atoms with Gasteiger partial charge in [0, 0.05) is 13.1 Å². The number of benzene rings is 2. The molecule has 1 heterocycles. The molecule has 3 rings (SSSR count). The molecule has 0 N–H and O–H groups in total. The van der Waals surface area contributed by atoms with Crippen LogP contribution in [-0.2, 0) is 11.2 Å². The number of hydrogen-bond donors (Lipinski definition) is 0. The van der Waals surface area contributed by atoms with Gasteiger partial charge in [0.1, 0.15) is 11.3 Å². The third-order valence-electron chi connectivity index (χ3n) is 4.51. The summed E-state index contributed by atoms with van der Waals surface area (Å²) >= 11 is 1.35. The average molecular weight is 386 g/mol. The van der Waals surface area contributed by atoms with Crippen LogP contribution in [-0.4, -0.2) is 43.0 Å². The number of rotatable bonds is 6. The van der Waals surface area contributed by atoms with E-state index < -0.39 is 0 Å². The van der Waals surface area contributed by atoms with Gasteiger partial charge in [-0.25, -0.2) is 9.37 Å². The number of halogens is 1. The summed E-state index contributed by atoms with van der Waals surface area (Å²) in [4.78, 5) is 21.3. The number of hydrogen-bond acceptors (Lipinski definition) is 4. The Morgan fingerprint density at radius 3 is 2.63 bits per heavy atom. The second-order valence-corrected chi connectivity index (χ2v) is 8.05. The first kappa shape index (κ1) is 19.5. The van der Waals surface area contributed by atoms with Crippen molar-refractivity contribution in [2.24, 2.45) is 0 Å². The first-order valence-electron chi connectivity index (χ1n) is 8.91. The number of nitrogens with zero attached hydrogens (tertiary/aromatic N) is 3. The van der Waals surface area contributed by atoms with Gasteiger partial charge in [0.15, 0.2) is 5.13 Å². The van der Waals surface area contributed by atoms with Crippen LogP contribution in [0.15, 0.2) is 36.4 Å². The molecule has 27 heavy (non-hydrogen) atoms. The number of aryl methyl sites for hydroxylation is 2. The zero-order valence-electron chi connectivity index (χ0n) is 16.1. The van der Waals surface area contributed by atoms with Gasteiger partial charge in [0.25, 0.3) is 0 Å². The van der Waals surface area contributed by atoms with Crippen LogP contribution < -0.4 is 4.90 Å². The van der Waals surface area contributed by atoms with Gasteiger partial charge in [-0.1, -0.05) is 41.2 Å². The van der Waals surface area contributed by atoms with E-state index in [-0.39, 0.29) is 11.7 Å². The highest BCUT2D eigenvalue weighted by molar-refractivity contribution is 7.22. The van der Waals surface area contributed by atoms with E-state index >= 15 is 0 Å². The van der Waals surface area contributed by atoms with Crippen LogP contribution in [0, 0.1) is 19.7 Å². The van der Waals surface area contributed by atoms with Crippen LogP contribution in [0.2, 0.25) is 0 Å². The molecule has 0 saturated carbocycles. The molecule has 0 radical (unpaired) electrons. The van der Waals surface area contributed by atoms with E-state index in [4.69, 9.17) is 0 Å². The molecule has 0 saturated heterocycles. The normalized spacial score (nSPS) is 11.3. The predicted molar refractivity (Wildman–Crippen MR) is 110 cm³/mol. The van der Waals surface area contributed by atoms with Gasteiger partial charge in [0.05, 0.1) is 11.1 Å². The number of fused-ring (bicyclic) bond motifs is 1. The molecule has 4 nitrogen and oxygen atoms in total. The van der Waals surface area contributed by atoms with Crippen molar-refractivity contribution >= 4 is 32.6 Å². The molecule has 0 aliphatic heterocycles. The molecule has 0 atom stereocenters. The summed E-state index contributed by atoms with van der Waals surface area (Å²) in [6.07, 6.45) is 0.305. The van der Waals surface area contributed by atoms with Crippen molar-refractivity contribution in [3.8, 4) is 0 Å². The summed E-state index contributed by atoms with van der Waals surface area (Å²) in [5.74, 6) is -0.380. The first-order valence-corrected chi connectivity index (χ1v) is 9.73. The molecule has 142 valence electrons. The summed E-state index contributed by atoms with van der Waals surface area (Å²) in [6.45, 7) is 5.25. The maximum Gasteiger partial charge on any atom is 0.233 e. The highest BCUT2D eigenvalue weighted by Crippen LogP contribution is 2.30. The van der Waals surface area contributed by atoms with Crippen molar-refractivity contribution in [2.75, 3.05) is 32.1 Å². The lowest BCUT2D eigenvalue weighted by Gasteiger charge is -2.22. The molecule has 3 aromatic rings. The first-order chi connectivity index (χ1) is 12.8. The van der Waals surface area contributed by atoms with Crippen molar-refractivity contribution < 1.29 is 9.18 Å². The number of aromatic nitrogens is 1. The quantitative estimate of drug-likeness (QED) is 0.638. The van der Waals surface area contributed by atoms with E-state index in [2.05, 4.69) is 11.1 Å². The Balaban J connectivity index is 1.93. The summed E-state index contributed by atoms with van der Waals surface area (Å²) in [6, 6.07) is 11.0. The summed E-state index contributed by atoms with van der Waals surface area (Å²) in [7, 11) is 3.93. The monoisotopic (exact) mass is 385 g/mol. The minimum Gasteiger partial charge on any atom is -0.308 e. The van der Waals surface area contributed by atoms with Gasteiger partial charge in [-0.05, 0) is 51.2 Å². The zero-order chi connectivity index (χ0) is 19.6. The molecule has 0 aliphatic rings. The lowest BCUT2D eigenvalue weighted by Crippen LogP contribution is -2.37. The maximum atomic E-state index is 14.1. The van der Waals surface area contributed by atoms with E-state index in [9.17, 15) is 9.18 Å². The largest absolute Gasteiger partial charge is 0.308 e. The number of para-hydroxylation sites is 1. The Hall–Kier alpha value is -2.31. The van der Waals surface area contributed by atoms with Crippen molar-refractivity contribution in [1.29, 1.82) is 0 Å². The Bertz CT molecular complexity index is 967. The molecule has 1 amide bonds. The second-order valence-electron chi connectivity index (χ2n) is 7.04. The molecule has 0 unspecified atom stereocenters. The Kier molecular flexibility index (Phi) is 5.87. The van der Waals surface area contributed by atoms with E-state index in [1.165, 1.54) is 17.4 Å². The fourth-order valence-corrected chi connectivity index (χ4v) is 3.92. The second kappa shape index (κ2) is 8.15. The fraction of sp³-hybridized carbons (Fsp3) is 0.333. The summed E-state index contributed by atoms with van der Waals surface area (Å²) in [5.41, 5.74) is 3.57. The standard InChI is InChI=1S/C21H24FN3OS/c1-14-8-9-15(2)16(12-14)13-19(26)25(11-10-24(3)4)21-23-20-17(22)6-5-7-18(20)27-21/h5-9,12H,10-11,13H2,1-4H3. The molecule has 6 heteroatoms. The average Bonchev–Trinajstić information content (AvgIpc) is 3.03. The third-order valence-corrected chi connectivity index (χ3v) is 5.55. The molecular weight excluding hydrogens is 361 g/mol. The van der Waals surface area contributed by atoms with Gasteiger partial charge in [-0.15, -0.1) is 0 Å². The molecular formula is C21H24FN3OS. The highest BCUT2D eigenvalue weighted by Gasteiger charge is 2.21. The number of carbonyl (C=O) groups is 1. The molecule has 0 bridgehead atoms. The van der Waals surface area contributed by atoms with Crippen LogP contribution in [0.3, 0.4) is 0 Å². The smallest absolute Gasteiger partial charge is 0.233 e. The molecule has 0 fully saturated rings. The molecule has 2 aromatic carbocycles. The van der Waals surface area contributed by atoms with Gasteiger partial charge >= 0.3 is 0 Å². The number of carbonyl (C=O) groups excluding carboxylic acids is 1. The lowest BCUT2D eigenvalue weighted by molar-refractivity contribution is -0.118. The number of likely N-dealkylation sites (N-methyl/N-ethyl adjacent to an activating group) is 1. The molecule has 1 aromatic heterocycles. The van der Waals surface area contributed by atoms with Crippen molar-refractivity contribution in [2.45, 2.75) is 20.3 Å². The van der Waals surface area contributed by atoms with E-state index in [0.29, 0.717) is 30.2 Å². The van der Waals surface area contributed by atoms with Gasteiger partial charge in [-0.2, -0.15) is 0 Å². The van der Waals surface area contributed by atoms with Crippen molar-refractivity contribution in [3.63, 3.8) is 0 Å². The summed E-state index contributed by atoms with van der Waals surface area (Å²) < 4.78 is 14.8. The van der Waals surface area contributed by atoms with E-state index in [0.717, 1.165) is 21.4 Å². The van der Waals surface area contributed by atoms with Crippen LogP contribution in [0.4, 0.5) is 9.52 Å². The fourth-order valence-electron chi connectivity index (χ4n) is 2.89. The zero-order valence-corrected chi connectivity index (χ0v) is 16.9. The number of anilines is 1. The molecule has 0 spiro atoms. The summed E-state index contributed by atoms with van der Waals surface area (Å²) in [5, 5.41) is 0.548. The Morgan fingerprint density at radius 2 is 1.93 bits per heavy atom. The SMILES string of the molecule is Cc1ccc(C)c(CC(=O)N(CCN(C)C)c2nc3c(F)cccc3s2)c1. The Morgan fingerprint density at radius 1 is 1.15 bits per heavy atom. The maximum absolute atomic E-state index is 14.1. The van der Waals surface area contributed by atoms with Crippen LogP contribution in [0.5, 0.6) is 0 Å². The van der Waals surface area contributed by atoms with E-state index in [1.807, 2.05) is 51.0 Å². The Labute approximate surface area is 163 Å². The van der Waals surface area contributed by atoms with Gasteiger partial charge in [0.2, 0.25) is 5.91 Å². The van der Waals surface area contributed by atoms with Crippen LogP contribution in [0.1, 0.15) is 16.7 Å². The van der Waals surface area contributed by atoms with Crippen LogP contribution in [0.25, 0.3) is 10.2 Å². The van der Waals surface area contributed by atoms with Crippen molar-refractivity contribution in [1.82, 2.24) is 9.88 Å². The van der Waals surface area contributed by atoms with Gasteiger partial charge < -0.3 is 4.90 Å². The lowest BCUT2D eigenvalue weighted by atomic mass is 10.0. The number of thiazole rings is 1. The highest BCUT2D eigenvalue weighted by atomic mass is 32.1. The predicted octanol–water partition coefficient (Wildman–Crippen LogP) is 4.19. The topological polar surface area (TPSA) is 36.4 Å². The van der Waals surface area contributed by atoms with Gasteiger partial charge in [-0.3, -0.25) is 9.69 Å². The molecule has 0 aliphatic carbocycles. The minimum absolute atomic E-state index is 0.0231. The van der Waals surface area contributed by atoms with Crippen molar-refractivity contribution in [3.05, 3.63) is 58.9 Å².